The SMILES string of the molecule is FC(F)(F)C(C=Cc1ccc(-n2cncn2)cc1Cl)c1cc(Cl)cc(Cl)c1. The van der Waals surface area contributed by atoms with E-state index in [4.69, 9.17) is 34.8 Å². The van der Waals surface area contributed by atoms with Crippen LogP contribution in [-0.2, 0) is 0 Å². The maximum atomic E-state index is 13.5. The Morgan fingerprint density at radius 3 is 2.26 bits per heavy atom. The molecule has 0 fully saturated rings. The lowest BCUT2D eigenvalue weighted by Gasteiger charge is -2.18. The smallest absolute Gasteiger partial charge is 0.223 e. The second-order valence-corrected chi connectivity index (χ2v) is 6.91. The highest BCUT2D eigenvalue weighted by Gasteiger charge is 2.39. The van der Waals surface area contributed by atoms with Crippen molar-refractivity contribution in [2.24, 2.45) is 0 Å². The summed E-state index contributed by atoms with van der Waals surface area (Å²) in [6, 6.07) is 8.74. The number of hydrogen-bond acceptors (Lipinski definition) is 2. The first kappa shape index (κ1) is 19.7. The summed E-state index contributed by atoms with van der Waals surface area (Å²) in [6.07, 6.45) is 0.686. The molecule has 1 heterocycles. The fourth-order valence-corrected chi connectivity index (χ4v) is 3.28. The van der Waals surface area contributed by atoms with Gasteiger partial charge in [0.15, 0.2) is 0 Å². The molecule has 0 amide bonds. The van der Waals surface area contributed by atoms with E-state index in [1.165, 1.54) is 41.6 Å². The Morgan fingerprint density at radius 2 is 1.70 bits per heavy atom. The number of hydrogen-bond donors (Lipinski definition) is 0. The van der Waals surface area contributed by atoms with Gasteiger partial charge in [-0.25, -0.2) is 9.67 Å². The van der Waals surface area contributed by atoms with E-state index < -0.39 is 12.1 Å². The number of aromatic nitrogens is 3. The topological polar surface area (TPSA) is 30.7 Å². The van der Waals surface area contributed by atoms with E-state index in [1.807, 2.05) is 0 Å². The average molecular weight is 433 g/mol. The number of rotatable bonds is 4. The first-order valence-corrected chi connectivity index (χ1v) is 8.73. The van der Waals surface area contributed by atoms with Crippen LogP contribution in [0, 0.1) is 0 Å². The monoisotopic (exact) mass is 431 g/mol. The molecular weight excluding hydrogens is 422 g/mol. The minimum Gasteiger partial charge on any atom is -0.223 e. The average Bonchev–Trinajstić information content (AvgIpc) is 3.08. The Morgan fingerprint density at radius 1 is 1.00 bits per heavy atom. The third-order valence-electron chi connectivity index (χ3n) is 3.73. The lowest BCUT2D eigenvalue weighted by atomic mass is 9.97. The van der Waals surface area contributed by atoms with E-state index in [1.54, 1.807) is 18.2 Å². The first-order valence-electron chi connectivity index (χ1n) is 7.59. The van der Waals surface area contributed by atoms with Crippen LogP contribution < -0.4 is 0 Å². The molecule has 0 saturated heterocycles. The zero-order chi connectivity index (χ0) is 19.6. The van der Waals surface area contributed by atoms with Gasteiger partial charge < -0.3 is 0 Å². The molecule has 3 aromatic rings. The van der Waals surface area contributed by atoms with E-state index in [0.29, 0.717) is 11.3 Å². The van der Waals surface area contributed by atoms with Crippen LogP contribution in [0.1, 0.15) is 17.0 Å². The summed E-state index contributed by atoms with van der Waals surface area (Å²) in [5.74, 6) is -1.88. The van der Waals surface area contributed by atoms with Crippen LogP contribution in [0.2, 0.25) is 15.1 Å². The van der Waals surface area contributed by atoms with Gasteiger partial charge in [0.1, 0.15) is 12.7 Å². The minimum absolute atomic E-state index is 0.0494. The molecule has 2 aromatic carbocycles. The summed E-state index contributed by atoms with van der Waals surface area (Å²) in [6.45, 7) is 0. The van der Waals surface area contributed by atoms with Gasteiger partial charge in [-0.1, -0.05) is 53.0 Å². The predicted molar refractivity (Wildman–Crippen MR) is 101 cm³/mol. The molecule has 3 rings (SSSR count). The highest BCUT2D eigenvalue weighted by Crippen LogP contribution is 2.38. The van der Waals surface area contributed by atoms with Crippen molar-refractivity contribution in [3.8, 4) is 5.69 Å². The third-order valence-corrected chi connectivity index (χ3v) is 4.50. The molecule has 0 spiro atoms. The quantitative estimate of drug-likeness (QED) is 0.466. The van der Waals surface area contributed by atoms with Gasteiger partial charge in [-0.15, -0.1) is 0 Å². The number of allylic oxidation sites excluding steroid dienone is 1. The van der Waals surface area contributed by atoms with Crippen molar-refractivity contribution in [1.29, 1.82) is 0 Å². The summed E-state index contributed by atoms with van der Waals surface area (Å²) >= 11 is 17.9. The molecule has 1 atom stereocenters. The van der Waals surface area contributed by atoms with E-state index >= 15 is 0 Å². The molecule has 1 aromatic heterocycles. The zero-order valence-electron chi connectivity index (χ0n) is 13.5. The van der Waals surface area contributed by atoms with Crippen LogP contribution in [0.3, 0.4) is 0 Å². The lowest BCUT2D eigenvalue weighted by molar-refractivity contribution is -0.139. The minimum atomic E-state index is -4.52. The van der Waals surface area contributed by atoms with E-state index in [2.05, 4.69) is 10.1 Å². The third kappa shape index (κ3) is 4.83. The zero-order valence-corrected chi connectivity index (χ0v) is 15.7. The van der Waals surface area contributed by atoms with Crippen molar-refractivity contribution < 1.29 is 13.2 Å². The Kier molecular flexibility index (Phi) is 5.79. The Bertz CT molecular complexity index is 949. The van der Waals surface area contributed by atoms with Gasteiger partial charge in [0.05, 0.1) is 11.6 Å². The fourth-order valence-electron chi connectivity index (χ4n) is 2.50. The van der Waals surface area contributed by atoms with Gasteiger partial charge in [0.25, 0.3) is 0 Å². The molecule has 9 heteroatoms. The van der Waals surface area contributed by atoms with Gasteiger partial charge in [0, 0.05) is 15.1 Å². The highest BCUT2D eigenvalue weighted by molar-refractivity contribution is 6.34. The van der Waals surface area contributed by atoms with Gasteiger partial charge in [-0.3, -0.25) is 0 Å². The Balaban J connectivity index is 1.93. The summed E-state index contributed by atoms with van der Waals surface area (Å²) in [5, 5.41) is 4.53. The molecule has 27 heavy (non-hydrogen) atoms. The van der Waals surface area contributed by atoms with Crippen molar-refractivity contribution in [3.63, 3.8) is 0 Å². The molecule has 1 unspecified atom stereocenters. The van der Waals surface area contributed by atoms with Crippen LogP contribution in [0.15, 0.2) is 55.1 Å². The van der Waals surface area contributed by atoms with Crippen molar-refractivity contribution in [2.45, 2.75) is 12.1 Å². The predicted octanol–water partition coefficient (Wildman–Crippen LogP) is 6.59. The summed E-state index contributed by atoms with van der Waals surface area (Å²) in [4.78, 5) is 3.83. The Hall–Kier alpha value is -2.02. The largest absolute Gasteiger partial charge is 0.399 e. The summed E-state index contributed by atoms with van der Waals surface area (Å²) in [5.41, 5.74) is 1.03. The number of benzene rings is 2. The Labute approximate surface area is 168 Å². The normalized spacial score (nSPS) is 13.3. The van der Waals surface area contributed by atoms with Gasteiger partial charge in [-0.2, -0.15) is 18.3 Å². The van der Waals surface area contributed by atoms with Crippen LogP contribution in [0.5, 0.6) is 0 Å². The lowest BCUT2D eigenvalue weighted by Crippen LogP contribution is -2.18. The molecule has 0 saturated carbocycles. The number of halogens is 6. The van der Waals surface area contributed by atoms with Crippen LogP contribution in [0.4, 0.5) is 13.2 Å². The van der Waals surface area contributed by atoms with E-state index in [-0.39, 0.29) is 20.6 Å². The van der Waals surface area contributed by atoms with E-state index in [0.717, 1.165) is 6.08 Å². The second-order valence-electron chi connectivity index (χ2n) is 5.63. The maximum Gasteiger partial charge on any atom is 0.399 e. The maximum absolute atomic E-state index is 13.5. The van der Waals surface area contributed by atoms with E-state index in [9.17, 15) is 13.2 Å². The summed E-state index contributed by atoms with van der Waals surface area (Å²) in [7, 11) is 0. The number of nitrogens with zero attached hydrogens (tertiary/aromatic N) is 3. The highest BCUT2D eigenvalue weighted by atomic mass is 35.5. The van der Waals surface area contributed by atoms with Gasteiger partial charge in [0.2, 0.25) is 0 Å². The van der Waals surface area contributed by atoms with Crippen LogP contribution in [-0.4, -0.2) is 20.9 Å². The molecule has 0 aliphatic carbocycles. The second kappa shape index (κ2) is 7.92. The molecule has 0 aliphatic rings. The molecule has 0 N–H and O–H groups in total. The van der Waals surface area contributed by atoms with Gasteiger partial charge >= 0.3 is 6.18 Å². The van der Waals surface area contributed by atoms with Crippen molar-refractivity contribution in [3.05, 3.63) is 81.3 Å². The molecule has 0 aliphatic heterocycles. The molecule has 3 nitrogen and oxygen atoms in total. The standard InChI is InChI=1S/C18H11Cl3F3N3/c19-13-5-12(6-14(20)7-13)16(18(22,23)24)4-2-11-1-3-15(8-17(11)21)27-10-25-9-26-27/h1-10,16H. The van der Waals surface area contributed by atoms with Crippen LogP contribution in [0.25, 0.3) is 11.8 Å². The van der Waals surface area contributed by atoms with Crippen molar-refractivity contribution in [1.82, 2.24) is 14.8 Å². The first-order chi connectivity index (χ1) is 12.7. The summed E-state index contributed by atoms with van der Waals surface area (Å²) < 4.78 is 42.1. The molecular formula is C18H11Cl3F3N3. The van der Waals surface area contributed by atoms with Gasteiger partial charge in [-0.05, 0) is 41.5 Å². The van der Waals surface area contributed by atoms with Crippen molar-refractivity contribution >= 4 is 40.9 Å². The molecule has 0 bridgehead atoms. The van der Waals surface area contributed by atoms with Crippen molar-refractivity contribution in [2.75, 3.05) is 0 Å². The molecule has 0 radical (unpaired) electrons. The number of alkyl halides is 3. The fraction of sp³-hybridized carbons (Fsp3) is 0.111. The van der Waals surface area contributed by atoms with Crippen LogP contribution >= 0.6 is 34.8 Å². The molecule has 140 valence electrons.